The van der Waals surface area contributed by atoms with Crippen LogP contribution in [0, 0.1) is 0 Å². The normalized spacial score (nSPS) is 22.7. The molecule has 0 saturated heterocycles. The number of benzene rings is 1. The second kappa shape index (κ2) is 6.18. The summed E-state index contributed by atoms with van der Waals surface area (Å²) < 4.78 is 16.0. The number of ketones is 1. The molecule has 2 rings (SSSR count). The quantitative estimate of drug-likeness (QED) is 0.743. The molecule has 2 atom stereocenters. The molecule has 0 spiro atoms. The van der Waals surface area contributed by atoms with Crippen molar-refractivity contribution < 1.29 is 19.0 Å². The smallest absolute Gasteiger partial charge is 0.169 e. The summed E-state index contributed by atoms with van der Waals surface area (Å²) in [6.45, 7) is 0.845. The van der Waals surface area contributed by atoms with Gasteiger partial charge in [-0.05, 0) is 12.1 Å². The zero-order valence-electron chi connectivity index (χ0n) is 10.1. The number of Topliss-reactive ketones (excluding diaryl/α,β-unsaturated/α-hetero) is 1. The second-order valence-corrected chi connectivity index (χ2v) is 4.45. The van der Waals surface area contributed by atoms with E-state index in [9.17, 15) is 4.79 Å². The average Bonchev–Trinajstić information content (AvgIpc) is 2.36. The number of halogens is 1. The predicted octanol–water partition coefficient (Wildman–Crippen LogP) is 2.09. The van der Waals surface area contributed by atoms with Crippen LogP contribution in [0.25, 0.3) is 0 Å². The van der Waals surface area contributed by atoms with E-state index < -0.39 is 6.10 Å². The first-order valence-electron chi connectivity index (χ1n) is 5.77. The maximum Gasteiger partial charge on any atom is 0.169 e. The third-order valence-electron chi connectivity index (χ3n) is 2.76. The summed E-state index contributed by atoms with van der Waals surface area (Å²) in [7, 11) is 1.59. The summed E-state index contributed by atoms with van der Waals surface area (Å²) in [5.74, 6) is 0.639. The molecular weight excluding hydrogens is 256 g/mol. The van der Waals surface area contributed by atoms with Gasteiger partial charge in [0.1, 0.15) is 11.9 Å². The Hall–Kier alpha value is -1.10. The van der Waals surface area contributed by atoms with Gasteiger partial charge in [0, 0.05) is 13.5 Å². The van der Waals surface area contributed by atoms with Crippen molar-refractivity contribution in [1.29, 1.82) is 0 Å². The van der Waals surface area contributed by atoms with Gasteiger partial charge in [0.25, 0.3) is 0 Å². The molecular formula is C13H15ClO4. The number of methoxy groups -OCH3 is 1. The van der Waals surface area contributed by atoms with Crippen LogP contribution in [0.3, 0.4) is 0 Å². The van der Waals surface area contributed by atoms with E-state index >= 15 is 0 Å². The van der Waals surface area contributed by atoms with Crippen molar-refractivity contribution in [3.05, 3.63) is 29.3 Å². The maximum absolute atomic E-state index is 11.4. The van der Waals surface area contributed by atoms with E-state index in [0.29, 0.717) is 30.4 Å². The fourth-order valence-electron chi connectivity index (χ4n) is 1.73. The monoisotopic (exact) mass is 270 g/mol. The fourth-order valence-corrected chi connectivity index (χ4v) is 1.91. The molecule has 0 bridgehead atoms. The van der Waals surface area contributed by atoms with Crippen molar-refractivity contribution in [3.63, 3.8) is 0 Å². The van der Waals surface area contributed by atoms with E-state index in [-0.39, 0.29) is 11.9 Å². The highest BCUT2D eigenvalue weighted by molar-refractivity contribution is 6.32. The third-order valence-corrected chi connectivity index (χ3v) is 3.07. The minimum Gasteiger partial charge on any atom is -0.485 e. The van der Waals surface area contributed by atoms with Crippen molar-refractivity contribution in [2.24, 2.45) is 0 Å². The molecule has 2 unspecified atom stereocenters. The van der Waals surface area contributed by atoms with E-state index in [2.05, 4.69) is 0 Å². The highest BCUT2D eigenvalue weighted by atomic mass is 35.5. The lowest BCUT2D eigenvalue weighted by atomic mass is 9.90. The Bertz CT molecular complexity index is 421. The van der Waals surface area contributed by atoms with Crippen molar-refractivity contribution >= 4 is 17.4 Å². The summed E-state index contributed by atoms with van der Waals surface area (Å²) in [5.41, 5.74) is 0. The molecule has 1 fully saturated rings. The first-order valence-corrected chi connectivity index (χ1v) is 6.14. The van der Waals surface area contributed by atoms with E-state index in [0.717, 1.165) is 0 Å². The van der Waals surface area contributed by atoms with Crippen LogP contribution in [0.15, 0.2) is 24.3 Å². The van der Waals surface area contributed by atoms with E-state index in [1.54, 1.807) is 19.2 Å². The molecule has 1 aliphatic rings. The molecule has 1 aromatic carbocycles. The topological polar surface area (TPSA) is 44.8 Å². The number of carbonyl (C=O) groups excluding carboxylic acids is 1. The Morgan fingerprint density at radius 1 is 1.33 bits per heavy atom. The zero-order valence-corrected chi connectivity index (χ0v) is 10.9. The molecule has 1 saturated carbocycles. The van der Waals surface area contributed by atoms with Gasteiger partial charge < -0.3 is 14.2 Å². The van der Waals surface area contributed by atoms with Gasteiger partial charge in [-0.15, -0.1) is 0 Å². The van der Waals surface area contributed by atoms with E-state index in [1.165, 1.54) is 0 Å². The van der Waals surface area contributed by atoms with Crippen molar-refractivity contribution in [2.75, 3.05) is 20.3 Å². The SMILES string of the molecule is COCCOC1C(=O)CC1Oc1ccccc1Cl. The van der Waals surface area contributed by atoms with Crippen molar-refractivity contribution in [1.82, 2.24) is 0 Å². The largest absolute Gasteiger partial charge is 0.485 e. The first kappa shape index (κ1) is 13.3. The standard InChI is InChI=1S/C13H15ClO4/c1-16-6-7-17-13-10(15)8-12(13)18-11-5-3-2-4-9(11)14/h2-5,12-13H,6-8H2,1H3. The number of hydrogen-bond donors (Lipinski definition) is 0. The summed E-state index contributed by atoms with van der Waals surface area (Å²) in [6, 6.07) is 7.19. The fraction of sp³-hybridized carbons (Fsp3) is 0.462. The number of ether oxygens (including phenoxy) is 3. The third kappa shape index (κ3) is 3.02. The molecule has 1 aromatic rings. The first-order chi connectivity index (χ1) is 8.72. The van der Waals surface area contributed by atoms with Crippen LogP contribution < -0.4 is 4.74 Å². The number of carbonyl (C=O) groups is 1. The number of hydrogen-bond acceptors (Lipinski definition) is 4. The lowest BCUT2D eigenvalue weighted by Gasteiger charge is -2.34. The van der Waals surface area contributed by atoms with Gasteiger partial charge in [0.2, 0.25) is 0 Å². The summed E-state index contributed by atoms with van der Waals surface area (Å²) >= 11 is 5.99. The molecule has 18 heavy (non-hydrogen) atoms. The molecule has 5 heteroatoms. The highest BCUT2D eigenvalue weighted by Gasteiger charge is 2.42. The predicted molar refractivity (Wildman–Crippen MR) is 67.1 cm³/mol. The molecule has 0 heterocycles. The van der Waals surface area contributed by atoms with Gasteiger partial charge in [-0.3, -0.25) is 4.79 Å². The Morgan fingerprint density at radius 3 is 2.78 bits per heavy atom. The Kier molecular flexibility index (Phi) is 4.58. The number of rotatable bonds is 6. The molecule has 0 radical (unpaired) electrons. The molecule has 4 nitrogen and oxygen atoms in total. The van der Waals surface area contributed by atoms with E-state index in [4.69, 9.17) is 25.8 Å². The van der Waals surface area contributed by atoms with Crippen LogP contribution in [0.1, 0.15) is 6.42 Å². The minimum absolute atomic E-state index is 0.0585. The van der Waals surface area contributed by atoms with E-state index in [1.807, 2.05) is 12.1 Å². The van der Waals surface area contributed by atoms with Crippen LogP contribution in [0.2, 0.25) is 5.02 Å². The van der Waals surface area contributed by atoms with Crippen LogP contribution >= 0.6 is 11.6 Å². The molecule has 98 valence electrons. The van der Waals surface area contributed by atoms with Crippen molar-refractivity contribution in [3.8, 4) is 5.75 Å². The molecule has 0 aliphatic heterocycles. The Morgan fingerprint density at radius 2 is 2.11 bits per heavy atom. The summed E-state index contributed by atoms with van der Waals surface area (Å²) in [4.78, 5) is 11.4. The molecule has 1 aliphatic carbocycles. The van der Waals surface area contributed by atoms with Gasteiger partial charge in [-0.2, -0.15) is 0 Å². The molecule has 0 aromatic heterocycles. The molecule has 0 amide bonds. The van der Waals surface area contributed by atoms with Crippen LogP contribution in [0.4, 0.5) is 0 Å². The van der Waals surface area contributed by atoms with Gasteiger partial charge in [-0.1, -0.05) is 23.7 Å². The van der Waals surface area contributed by atoms with Crippen LogP contribution in [-0.4, -0.2) is 38.3 Å². The highest BCUT2D eigenvalue weighted by Crippen LogP contribution is 2.30. The second-order valence-electron chi connectivity index (χ2n) is 4.04. The van der Waals surface area contributed by atoms with Gasteiger partial charge in [0.15, 0.2) is 11.9 Å². The Balaban J connectivity index is 1.90. The average molecular weight is 271 g/mol. The van der Waals surface area contributed by atoms with Crippen LogP contribution in [-0.2, 0) is 14.3 Å². The molecule has 0 N–H and O–H groups in total. The van der Waals surface area contributed by atoms with Gasteiger partial charge in [0.05, 0.1) is 18.2 Å². The maximum atomic E-state index is 11.4. The van der Waals surface area contributed by atoms with Gasteiger partial charge in [-0.25, -0.2) is 0 Å². The number of para-hydroxylation sites is 1. The lowest BCUT2D eigenvalue weighted by molar-refractivity contribution is -0.156. The summed E-state index contributed by atoms with van der Waals surface area (Å²) in [5, 5.41) is 0.535. The lowest BCUT2D eigenvalue weighted by Crippen LogP contribution is -2.52. The van der Waals surface area contributed by atoms with Crippen LogP contribution in [0.5, 0.6) is 5.75 Å². The minimum atomic E-state index is -0.503. The van der Waals surface area contributed by atoms with Crippen molar-refractivity contribution in [2.45, 2.75) is 18.6 Å². The summed E-state index contributed by atoms with van der Waals surface area (Å²) in [6.07, 6.45) is -0.395. The zero-order chi connectivity index (χ0) is 13.0. The van der Waals surface area contributed by atoms with Gasteiger partial charge >= 0.3 is 0 Å². The Labute approximate surface area is 111 Å².